The van der Waals surface area contributed by atoms with E-state index in [0.29, 0.717) is 20.5 Å². The van der Waals surface area contributed by atoms with Gasteiger partial charge in [-0.2, -0.15) is 0 Å². The standard InChI is InChI=1S/C7H6Br2N2O/c1-3(12)4-2-5(8)11-7(9)6(4)10/h2H,10H2,1H3. The van der Waals surface area contributed by atoms with E-state index in [-0.39, 0.29) is 5.78 Å². The third-order valence-electron chi connectivity index (χ3n) is 1.36. The smallest absolute Gasteiger partial charge is 0.162 e. The van der Waals surface area contributed by atoms with Crippen LogP contribution in [0.5, 0.6) is 0 Å². The van der Waals surface area contributed by atoms with Crippen LogP contribution in [-0.4, -0.2) is 10.8 Å². The summed E-state index contributed by atoms with van der Waals surface area (Å²) >= 11 is 6.31. The predicted molar refractivity (Wildman–Crippen MR) is 54.1 cm³/mol. The van der Waals surface area contributed by atoms with Crippen molar-refractivity contribution in [2.75, 3.05) is 5.73 Å². The molecule has 0 atom stereocenters. The predicted octanol–water partition coefficient (Wildman–Crippen LogP) is 2.39. The van der Waals surface area contributed by atoms with Crippen molar-refractivity contribution in [1.82, 2.24) is 4.98 Å². The summed E-state index contributed by atoms with van der Waals surface area (Å²) in [5, 5.41) is 0. The molecule has 0 saturated carbocycles. The van der Waals surface area contributed by atoms with E-state index in [1.807, 2.05) is 0 Å². The van der Waals surface area contributed by atoms with Gasteiger partial charge in [-0.25, -0.2) is 4.98 Å². The highest BCUT2D eigenvalue weighted by Crippen LogP contribution is 2.24. The highest BCUT2D eigenvalue weighted by molar-refractivity contribution is 9.11. The molecule has 1 aromatic heterocycles. The Hall–Kier alpha value is -0.420. The number of nitrogen functional groups attached to an aromatic ring is 1. The van der Waals surface area contributed by atoms with Crippen molar-refractivity contribution < 1.29 is 4.79 Å². The summed E-state index contributed by atoms with van der Waals surface area (Å²) in [5.74, 6) is -0.0729. The van der Waals surface area contributed by atoms with E-state index in [1.165, 1.54) is 6.92 Å². The maximum absolute atomic E-state index is 11.0. The fourth-order valence-corrected chi connectivity index (χ4v) is 1.83. The van der Waals surface area contributed by atoms with Gasteiger partial charge in [0.2, 0.25) is 0 Å². The zero-order valence-electron chi connectivity index (χ0n) is 6.27. The van der Waals surface area contributed by atoms with Crippen LogP contribution in [-0.2, 0) is 0 Å². The number of nitrogens with two attached hydrogens (primary N) is 1. The van der Waals surface area contributed by atoms with E-state index in [9.17, 15) is 4.79 Å². The molecule has 1 heterocycles. The minimum Gasteiger partial charge on any atom is -0.396 e. The highest BCUT2D eigenvalue weighted by Gasteiger charge is 2.09. The molecule has 0 radical (unpaired) electrons. The second kappa shape index (κ2) is 3.53. The molecule has 1 rings (SSSR count). The van der Waals surface area contributed by atoms with Crippen LogP contribution in [0.3, 0.4) is 0 Å². The van der Waals surface area contributed by atoms with Crippen molar-refractivity contribution in [3.05, 3.63) is 20.8 Å². The monoisotopic (exact) mass is 292 g/mol. The third-order valence-corrected chi connectivity index (χ3v) is 2.37. The van der Waals surface area contributed by atoms with E-state index >= 15 is 0 Å². The van der Waals surface area contributed by atoms with Gasteiger partial charge in [0.25, 0.3) is 0 Å². The van der Waals surface area contributed by atoms with E-state index < -0.39 is 0 Å². The first-order chi connectivity index (χ1) is 5.52. The number of ketones is 1. The SMILES string of the molecule is CC(=O)c1cc(Br)nc(Br)c1N. The second-order valence-electron chi connectivity index (χ2n) is 2.25. The maximum atomic E-state index is 11.0. The second-order valence-corrected chi connectivity index (χ2v) is 3.82. The number of carbonyl (C=O) groups excluding carboxylic acids is 1. The summed E-state index contributed by atoms with van der Waals surface area (Å²) in [6.45, 7) is 1.46. The number of anilines is 1. The minimum absolute atomic E-state index is 0.0729. The van der Waals surface area contributed by atoms with Crippen molar-refractivity contribution in [3.8, 4) is 0 Å². The van der Waals surface area contributed by atoms with E-state index in [4.69, 9.17) is 5.73 Å². The van der Waals surface area contributed by atoms with Crippen molar-refractivity contribution >= 4 is 43.3 Å². The van der Waals surface area contributed by atoms with Gasteiger partial charge in [-0.1, -0.05) is 0 Å². The van der Waals surface area contributed by atoms with Gasteiger partial charge in [-0.05, 0) is 44.8 Å². The highest BCUT2D eigenvalue weighted by atomic mass is 79.9. The fourth-order valence-electron chi connectivity index (χ4n) is 0.786. The quantitative estimate of drug-likeness (QED) is 0.639. The number of hydrogen-bond acceptors (Lipinski definition) is 3. The molecule has 3 nitrogen and oxygen atoms in total. The lowest BCUT2D eigenvalue weighted by Gasteiger charge is -2.03. The lowest BCUT2D eigenvalue weighted by atomic mass is 10.2. The summed E-state index contributed by atoms with van der Waals surface area (Å²) in [4.78, 5) is 15.0. The van der Waals surface area contributed by atoms with Crippen molar-refractivity contribution in [2.24, 2.45) is 0 Å². The number of pyridine rings is 1. The largest absolute Gasteiger partial charge is 0.396 e. The number of hydrogen-bond donors (Lipinski definition) is 1. The lowest BCUT2D eigenvalue weighted by molar-refractivity contribution is 0.101. The zero-order valence-corrected chi connectivity index (χ0v) is 9.44. The van der Waals surface area contributed by atoms with Gasteiger partial charge in [-0.3, -0.25) is 4.79 Å². The average molecular weight is 294 g/mol. The molecule has 0 fully saturated rings. The van der Waals surface area contributed by atoms with Crippen molar-refractivity contribution in [1.29, 1.82) is 0 Å². The van der Waals surface area contributed by atoms with E-state index in [0.717, 1.165) is 0 Å². The Morgan fingerprint density at radius 2 is 2.17 bits per heavy atom. The lowest BCUT2D eigenvalue weighted by Crippen LogP contribution is -2.02. The first kappa shape index (κ1) is 9.67. The zero-order chi connectivity index (χ0) is 9.30. The molecule has 0 bridgehead atoms. The summed E-state index contributed by atoms with van der Waals surface area (Å²) in [5.41, 5.74) is 6.46. The van der Waals surface area contributed by atoms with E-state index in [1.54, 1.807) is 6.07 Å². The Balaban J connectivity index is 3.37. The van der Waals surface area contributed by atoms with Crippen molar-refractivity contribution in [2.45, 2.75) is 6.92 Å². The van der Waals surface area contributed by atoms with Gasteiger partial charge >= 0.3 is 0 Å². The number of nitrogens with zero attached hydrogens (tertiary/aromatic N) is 1. The molecule has 2 N–H and O–H groups in total. The van der Waals surface area contributed by atoms with Crippen LogP contribution in [0.15, 0.2) is 15.3 Å². The molecule has 0 aliphatic carbocycles. The molecular weight excluding hydrogens is 288 g/mol. The molecule has 0 spiro atoms. The molecule has 0 amide bonds. The van der Waals surface area contributed by atoms with Crippen LogP contribution < -0.4 is 5.73 Å². The topological polar surface area (TPSA) is 56.0 Å². The van der Waals surface area contributed by atoms with Gasteiger partial charge in [0.1, 0.15) is 9.21 Å². The van der Waals surface area contributed by atoms with Gasteiger partial charge in [0.05, 0.1) is 5.69 Å². The summed E-state index contributed by atoms with van der Waals surface area (Å²) < 4.78 is 1.08. The minimum atomic E-state index is -0.0729. The van der Waals surface area contributed by atoms with Crippen LogP contribution in [0.2, 0.25) is 0 Å². The van der Waals surface area contributed by atoms with Gasteiger partial charge in [0, 0.05) is 5.56 Å². The van der Waals surface area contributed by atoms with Crippen LogP contribution in [0.4, 0.5) is 5.69 Å². The van der Waals surface area contributed by atoms with Crippen LogP contribution >= 0.6 is 31.9 Å². The molecule has 0 aliphatic heterocycles. The molecule has 12 heavy (non-hydrogen) atoms. The molecule has 0 aromatic carbocycles. The van der Waals surface area contributed by atoms with Crippen molar-refractivity contribution in [3.63, 3.8) is 0 Å². The first-order valence-corrected chi connectivity index (χ1v) is 4.73. The fraction of sp³-hybridized carbons (Fsp3) is 0.143. The average Bonchev–Trinajstić information content (AvgIpc) is 1.96. The summed E-state index contributed by atoms with van der Waals surface area (Å²) in [7, 11) is 0. The van der Waals surface area contributed by atoms with Crippen LogP contribution in [0.25, 0.3) is 0 Å². The Morgan fingerprint density at radius 1 is 1.58 bits per heavy atom. The Bertz CT molecular complexity index is 338. The number of rotatable bonds is 1. The molecule has 1 aromatic rings. The van der Waals surface area contributed by atoms with Crippen LogP contribution in [0, 0.1) is 0 Å². The van der Waals surface area contributed by atoms with Gasteiger partial charge in [0.15, 0.2) is 5.78 Å². The summed E-state index contributed by atoms with van der Waals surface area (Å²) in [6, 6.07) is 1.60. The number of Topliss-reactive ketones (excluding diaryl/α,β-unsaturated/α-hetero) is 1. The molecule has 0 unspecified atom stereocenters. The molecular formula is C7H6Br2N2O. The Labute approximate surface area is 86.6 Å². The molecule has 0 aliphatic rings. The number of halogens is 2. The third kappa shape index (κ3) is 1.84. The van der Waals surface area contributed by atoms with E-state index in [2.05, 4.69) is 36.8 Å². The Morgan fingerprint density at radius 3 is 2.67 bits per heavy atom. The van der Waals surface area contributed by atoms with Gasteiger partial charge in [-0.15, -0.1) is 0 Å². The molecule has 0 saturated heterocycles. The number of carbonyl (C=O) groups is 1. The molecule has 5 heteroatoms. The van der Waals surface area contributed by atoms with Gasteiger partial charge < -0.3 is 5.73 Å². The Kier molecular flexibility index (Phi) is 2.85. The first-order valence-electron chi connectivity index (χ1n) is 3.15. The number of aromatic nitrogens is 1. The van der Waals surface area contributed by atoms with Crippen LogP contribution in [0.1, 0.15) is 17.3 Å². The normalized spacial score (nSPS) is 9.92. The summed E-state index contributed by atoms with van der Waals surface area (Å²) in [6.07, 6.45) is 0. The molecule has 64 valence electrons. The maximum Gasteiger partial charge on any atom is 0.162 e.